The lowest BCUT2D eigenvalue weighted by molar-refractivity contribution is -0.134. The number of carboxylic acid groups (broad SMARTS) is 2. The van der Waals surface area contributed by atoms with E-state index in [0.717, 1.165) is 43.3 Å². The second-order valence-electron chi connectivity index (χ2n) is 6.30. The number of carbonyl (C=O) groups is 2. The molecule has 0 unspecified atom stereocenters. The molecule has 0 bridgehead atoms. The highest BCUT2D eigenvalue weighted by Gasteiger charge is 2.14. The molecule has 148 valence electrons. The second kappa shape index (κ2) is 10.8. The van der Waals surface area contributed by atoms with Crippen molar-refractivity contribution in [2.24, 2.45) is 0 Å². The highest BCUT2D eigenvalue weighted by Crippen LogP contribution is 2.18. The molecule has 0 spiro atoms. The number of rotatable bonds is 4. The van der Waals surface area contributed by atoms with Crippen LogP contribution in [0.25, 0.3) is 11.3 Å². The summed E-state index contributed by atoms with van der Waals surface area (Å²) < 4.78 is 0. The maximum atomic E-state index is 9.55. The second-order valence-corrected chi connectivity index (χ2v) is 6.30. The third-order valence-corrected chi connectivity index (χ3v) is 4.13. The Bertz CT molecular complexity index is 778. The average Bonchev–Trinajstić information content (AvgIpc) is 2.92. The minimum atomic E-state index is -1.26. The fourth-order valence-electron chi connectivity index (χ4n) is 2.67. The summed E-state index contributed by atoms with van der Waals surface area (Å²) in [4.78, 5) is 23.8. The van der Waals surface area contributed by atoms with Crippen molar-refractivity contribution in [1.82, 2.24) is 15.1 Å². The third kappa shape index (κ3) is 7.16. The number of hydrogen-bond acceptors (Lipinski definition) is 6. The summed E-state index contributed by atoms with van der Waals surface area (Å²) in [6, 6.07) is 14.3. The van der Waals surface area contributed by atoms with Gasteiger partial charge < -0.3 is 20.0 Å². The van der Waals surface area contributed by atoms with Gasteiger partial charge in [-0.1, -0.05) is 30.3 Å². The molecule has 2 N–H and O–H groups in total. The summed E-state index contributed by atoms with van der Waals surface area (Å²) >= 11 is 0. The number of aliphatic carboxylic acids is 2. The van der Waals surface area contributed by atoms with E-state index in [0.29, 0.717) is 12.2 Å². The Kier molecular flexibility index (Phi) is 8.11. The highest BCUT2D eigenvalue weighted by atomic mass is 16.4. The first kappa shape index (κ1) is 21.0. The highest BCUT2D eigenvalue weighted by molar-refractivity contribution is 5.89. The molecule has 1 aromatic heterocycles. The summed E-state index contributed by atoms with van der Waals surface area (Å²) in [6.07, 6.45) is 2.29. The van der Waals surface area contributed by atoms with Crippen LogP contribution in [0.15, 0.2) is 54.6 Å². The fraction of sp³-hybridized carbons (Fsp3) is 0.300. The summed E-state index contributed by atoms with van der Waals surface area (Å²) in [6.45, 7) is 4.33. The zero-order valence-electron chi connectivity index (χ0n) is 15.7. The van der Waals surface area contributed by atoms with Gasteiger partial charge in [-0.15, -0.1) is 10.2 Å². The van der Waals surface area contributed by atoms with E-state index in [9.17, 15) is 9.59 Å². The van der Waals surface area contributed by atoms with Gasteiger partial charge in [-0.25, -0.2) is 9.59 Å². The predicted octanol–water partition coefficient (Wildman–Crippen LogP) is 2.00. The molecule has 3 rings (SSSR count). The maximum Gasteiger partial charge on any atom is 0.328 e. The number of carboxylic acids is 2. The van der Waals surface area contributed by atoms with Crippen LogP contribution in [0.5, 0.6) is 0 Å². The topological polar surface area (TPSA) is 107 Å². The molecule has 1 aliphatic heterocycles. The van der Waals surface area contributed by atoms with Gasteiger partial charge in [0.2, 0.25) is 0 Å². The van der Waals surface area contributed by atoms with Crippen molar-refractivity contribution in [2.75, 3.05) is 38.1 Å². The Morgan fingerprint density at radius 1 is 0.893 bits per heavy atom. The van der Waals surface area contributed by atoms with Gasteiger partial charge in [-0.3, -0.25) is 0 Å². The minimum absolute atomic E-state index is 0.558. The quantitative estimate of drug-likeness (QED) is 0.771. The molecule has 1 aromatic carbocycles. The van der Waals surface area contributed by atoms with Crippen LogP contribution in [0.1, 0.15) is 6.42 Å². The van der Waals surface area contributed by atoms with Crippen LogP contribution in [-0.4, -0.2) is 70.5 Å². The van der Waals surface area contributed by atoms with Gasteiger partial charge in [0.05, 0.1) is 5.69 Å². The molecule has 8 heteroatoms. The molecule has 8 nitrogen and oxygen atoms in total. The van der Waals surface area contributed by atoms with Crippen LogP contribution in [0.3, 0.4) is 0 Å². The molecule has 2 heterocycles. The zero-order valence-corrected chi connectivity index (χ0v) is 15.7. The smallest absolute Gasteiger partial charge is 0.328 e. The molecule has 0 atom stereocenters. The Balaban J connectivity index is 0.000000300. The van der Waals surface area contributed by atoms with Crippen molar-refractivity contribution in [1.29, 1.82) is 0 Å². The average molecular weight is 384 g/mol. The van der Waals surface area contributed by atoms with Gasteiger partial charge >= 0.3 is 11.9 Å². The number of aromatic nitrogens is 2. The largest absolute Gasteiger partial charge is 0.478 e. The van der Waals surface area contributed by atoms with Crippen molar-refractivity contribution >= 4 is 17.8 Å². The zero-order chi connectivity index (χ0) is 20.4. The van der Waals surface area contributed by atoms with Crippen molar-refractivity contribution in [3.8, 4) is 11.3 Å². The molecule has 0 radical (unpaired) electrons. The summed E-state index contributed by atoms with van der Waals surface area (Å²) in [5.41, 5.74) is 2.04. The Labute approximate surface area is 163 Å². The molecule has 1 saturated heterocycles. The lowest BCUT2D eigenvalue weighted by Gasteiger charge is -2.20. The van der Waals surface area contributed by atoms with Crippen LogP contribution in [0.2, 0.25) is 0 Å². The lowest BCUT2D eigenvalue weighted by atomic mass is 10.1. The van der Waals surface area contributed by atoms with Gasteiger partial charge in [-0.05, 0) is 32.1 Å². The molecule has 0 amide bonds. The first-order valence-corrected chi connectivity index (χ1v) is 8.92. The van der Waals surface area contributed by atoms with Gasteiger partial charge in [-0.2, -0.15) is 0 Å². The Morgan fingerprint density at radius 2 is 1.57 bits per heavy atom. The summed E-state index contributed by atoms with van der Waals surface area (Å²) in [7, 11) is 2.17. The molecular weight excluding hydrogens is 360 g/mol. The normalized spacial score (nSPS) is 14.8. The monoisotopic (exact) mass is 384 g/mol. The van der Waals surface area contributed by atoms with E-state index in [4.69, 9.17) is 10.2 Å². The molecular formula is C20H24N4O4. The number of likely N-dealkylation sites (N-methyl/N-ethyl adjacent to an activating group) is 1. The van der Waals surface area contributed by atoms with Crippen LogP contribution in [-0.2, 0) is 9.59 Å². The first-order chi connectivity index (χ1) is 13.5. The molecule has 2 aromatic rings. The van der Waals surface area contributed by atoms with Crippen LogP contribution >= 0.6 is 0 Å². The van der Waals surface area contributed by atoms with Crippen molar-refractivity contribution in [2.45, 2.75) is 6.42 Å². The molecule has 0 aliphatic carbocycles. The number of nitrogens with zero attached hydrogens (tertiary/aromatic N) is 4. The van der Waals surface area contributed by atoms with Crippen LogP contribution in [0, 0.1) is 0 Å². The van der Waals surface area contributed by atoms with Crippen LogP contribution < -0.4 is 4.90 Å². The van der Waals surface area contributed by atoms with E-state index < -0.39 is 11.9 Å². The van der Waals surface area contributed by atoms with Crippen molar-refractivity contribution < 1.29 is 19.8 Å². The fourth-order valence-corrected chi connectivity index (χ4v) is 2.67. The van der Waals surface area contributed by atoms with E-state index >= 15 is 0 Å². The maximum absolute atomic E-state index is 9.55. The molecule has 1 fully saturated rings. The van der Waals surface area contributed by atoms with E-state index in [2.05, 4.69) is 51.3 Å². The van der Waals surface area contributed by atoms with E-state index in [1.807, 2.05) is 18.2 Å². The predicted molar refractivity (Wildman–Crippen MR) is 106 cm³/mol. The Hall–Kier alpha value is -3.26. The standard InChI is InChI=1S/C16H20N4.C4H4O4/c1-19-10-5-11-20(13-12-19)16-9-8-15(17-18-16)14-6-3-2-4-7-14;5-3(6)1-2-4(7)8/h2-4,6-9H,5,10-13H2,1H3;1-2H,(H,5,6)(H,7,8)/b;2-1+. The van der Waals surface area contributed by atoms with E-state index in [1.165, 1.54) is 6.42 Å². The van der Waals surface area contributed by atoms with Crippen LogP contribution in [0.4, 0.5) is 5.82 Å². The van der Waals surface area contributed by atoms with E-state index in [1.54, 1.807) is 0 Å². The number of benzene rings is 1. The van der Waals surface area contributed by atoms with E-state index in [-0.39, 0.29) is 0 Å². The van der Waals surface area contributed by atoms with Gasteiger partial charge in [0.15, 0.2) is 5.82 Å². The van der Waals surface area contributed by atoms with Gasteiger partial charge in [0.1, 0.15) is 0 Å². The molecule has 28 heavy (non-hydrogen) atoms. The third-order valence-electron chi connectivity index (χ3n) is 4.13. The summed E-state index contributed by atoms with van der Waals surface area (Å²) in [5, 5.41) is 24.4. The molecule has 1 aliphatic rings. The lowest BCUT2D eigenvalue weighted by Crippen LogP contribution is -2.29. The number of anilines is 1. The van der Waals surface area contributed by atoms with Crippen molar-refractivity contribution in [3.05, 3.63) is 54.6 Å². The van der Waals surface area contributed by atoms with Gasteiger partial charge in [0.25, 0.3) is 0 Å². The SMILES string of the molecule is CN1CCCN(c2ccc(-c3ccccc3)nn2)CC1.O=C(O)/C=C/C(=O)O. The molecule has 0 saturated carbocycles. The Morgan fingerprint density at radius 3 is 2.14 bits per heavy atom. The van der Waals surface area contributed by atoms with Crippen molar-refractivity contribution in [3.63, 3.8) is 0 Å². The summed E-state index contributed by atoms with van der Waals surface area (Å²) in [5.74, 6) is -1.53. The first-order valence-electron chi connectivity index (χ1n) is 8.92. The minimum Gasteiger partial charge on any atom is -0.478 e. The van der Waals surface area contributed by atoms with Gasteiger partial charge in [0, 0.05) is 37.3 Å². The number of hydrogen-bond donors (Lipinski definition) is 2.